The van der Waals surface area contributed by atoms with Crippen LogP contribution in [0.5, 0.6) is 0 Å². The molecule has 4 nitrogen and oxygen atoms in total. The molecule has 0 amide bonds. The zero-order valence-electron chi connectivity index (χ0n) is 10.7. The Hall–Kier alpha value is -0.0400. The Labute approximate surface area is 121 Å². The van der Waals surface area contributed by atoms with Crippen molar-refractivity contribution in [2.75, 3.05) is 20.1 Å². The van der Waals surface area contributed by atoms with Crippen LogP contribution in [0.3, 0.4) is 0 Å². The van der Waals surface area contributed by atoms with Gasteiger partial charge in [0.1, 0.15) is 0 Å². The van der Waals surface area contributed by atoms with Gasteiger partial charge in [-0.3, -0.25) is 4.99 Å². The largest absolute Gasteiger partial charge is 0.370 e. The van der Waals surface area contributed by atoms with Gasteiger partial charge in [-0.15, -0.1) is 24.0 Å². The molecule has 1 saturated heterocycles. The van der Waals surface area contributed by atoms with Gasteiger partial charge in [0.15, 0.2) is 5.96 Å². The number of likely N-dealkylation sites (tertiary alicyclic amines) is 1. The highest BCUT2D eigenvalue weighted by Crippen LogP contribution is 2.17. The third-order valence-electron chi connectivity index (χ3n) is 3.85. The van der Waals surface area contributed by atoms with Gasteiger partial charge in [0.2, 0.25) is 0 Å². The Morgan fingerprint density at radius 2 is 2.00 bits per heavy atom. The quantitative estimate of drug-likeness (QED) is 0.460. The molecule has 1 heterocycles. The van der Waals surface area contributed by atoms with Crippen molar-refractivity contribution in [1.29, 1.82) is 0 Å². The molecule has 0 aromatic rings. The van der Waals surface area contributed by atoms with Crippen LogP contribution in [0.2, 0.25) is 0 Å². The summed E-state index contributed by atoms with van der Waals surface area (Å²) in [6, 6.07) is 1.17. The highest BCUT2D eigenvalue weighted by Gasteiger charge is 2.20. The van der Waals surface area contributed by atoms with Crippen LogP contribution in [-0.2, 0) is 0 Å². The van der Waals surface area contributed by atoms with E-state index in [1.165, 1.54) is 45.1 Å². The first-order chi connectivity index (χ1) is 7.75. The molecule has 17 heavy (non-hydrogen) atoms. The molecular formula is C12H25IN4. The molecule has 1 saturated carbocycles. The van der Waals surface area contributed by atoms with Crippen LogP contribution in [0.4, 0.5) is 0 Å². The molecule has 100 valence electrons. The first-order valence-electron chi connectivity index (χ1n) is 6.52. The third-order valence-corrected chi connectivity index (χ3v) is 3.85. The van der Waals surface area contributed by atoms with E-state index in [1.54, 1.807) is 0 Å². The third kappa shape index (κ3) is 4.62. The summed E-state index contributed by atoms with van der Waals surface area (Å²) in [5.74, 6) is 0.646. The maximum atomic E-state index is 5.90. The average molecular weight is 352 g/mol. The fourth-order valence-corrected chi connectivity index (χ4v) is 2.74. The molecule has 1 aliphatic carbocycles. The molecule has 0 bridgehead atoms. The minimum atomic E-state index is 0. The van der Waals surface area contributed by atoms with Crippen LogP contribution in [0.1, 0.15) is 38.5 Å². The van der Waals surface area contributed by atoms with Crippen molar-refractivity contribution >= 4 is 29.9 Å². The Balaban J connectivity index is 0.00000144. The van der Waals surface area contributed by atoms with Gasteiger partial charge >= 0.3 is 0 Å². The smallest absolute Gasteiger partial charge is 0.188 e. The summed E-state index contributed by atoms with van der Waals surface area (Å²) >= 11 is 0. The van der Waals surface area contributed by atoms with E-state index in [0.717, 1.165) is 6.54 Å². The van der Waals surface area contributed by atoms with E-state index in [2.05, 4.69) is 22.3 Å². The lowest BCUT2D eigenvalue weighted by Crippen LogP contribution is -2.39. The normalized spacial score (nSPS) is 27.1. The standard InChI is InChI=1S/C12H24N4.HI/c1-16-8-4-7-11(16)9-14-12(13)15-10-5-2-3-6-10;/h10-11H,2-9H2,1H3,(H3,13,14,15);1H. The van der Waals surface area contributed by atoms with Crippen LogP contribution in [-0.4, -0.2) is 43.1 Å². The number of aliphatic imine (C=N–C) groups is 1. The summed E-state index contributed by atoms with van der Waals surface area (Å²) in [5, 5.41) is 3.33. The number of rotatable bonds is 3. The van der Waals surface area contributed by atoms with Gasteiger partial charge in [-0.25, -0.2) is 0 Å². The minimum Gasteiger partial charge on any atom is -0.370 e. The van der Waals surface area contributed by atoms with E-state index in [0.29, 0.717) is 18.0 Å². The van der Waals surface area contributed by atoms with Crippen molar-refractivity contribution in [3.8, 4) is 0 Å². The van der Waals surface area contributed by atoms with Crippen LogP contribution >= 0.6 is 24.0 Å². The van der Waals surface area contributed by atoms with Gasteiger partial charge in [-0.2, -0.15) is 0 Å². The van der Waals surface area contributed by atoms with Gasteiger partial charge in [0.25, 0.3) is 0 Å². The van der Waals surface area contributed by atoms with Gasteiger partial charge in [-0.1, -0.05) is 12.8 Å². The maximum absolute atomic E-state index is 5.90. The Morgan fingerprint density at radius 3 is 2.59 bits per heavy atom. The molecule has 1 unspecified atom stereocenters. The summed E-state index contributed by atoms with van der Waals surface area (Å²) in [6.07, 6.45) is 7.72. The van der Waals surface area contributed by atoms with Gasteiger partial charge in [0.05, 0.1) is 6.54 Å². The van der Waals surface area contributed by atoms with E-state index in [9.17, 15) is 0 Å². The lowest BCUT2D eigenvalue weighted by Gasteiger charge is -2.18. The zero-order valence-corrected chi connectivity index (χ0v) is 13.0. The number of nitrogens with one attached hydrogen (secondary N) is 1. The second-order valence-corrected chi connectivity index (χ2v) is 5.13. The molecule has 1 aliphatic heterocycles. The Kier molecular flexibility index (Phi) is 6.54. The molecule has 3 N–H and O–H groups in total. The number of nitrogens with two attached hydrogens (primary N) is 1. The van der Waals surface area contributed by atoms with Crippen LogP contribution in [0.15, 0.2) is 4.99 Å². The van der Waals surface area contributed by atoms with E-state index >= 15 is 0 Å². The molecule has 0 aromatic carbocycles. The molecular weight excluding hydrogens is 327 g/mol. The van der Waals surface area contributed by atoms with Crippen LogP contribution in [0, 0.1) is 0 Å². The molecule has 0 aromatic heterocycles. The van der Waals surface area contributed by atoms with Crippen molar-refractivity contribution in [2.45, 2.75) is 50.6 Å². The zero-order chi connectivity index (χ0) is 11.4. The lowest BCUT2D eigenvalue weighted by atomic mass is 10.2. The SMILES string of the molecule is CN1CCCC1CN=C(N)NC1CCCC1.I. The van der Waals surface area contributed by atoms with E-state index in [4.69, 9.17) is 5.73 Å². The highest BCUT2D eigenvalue weighted by molar-refractivity contribution is 14.0. The van der Waals surface area contributed by atoms with Gasteiger partial charge in [-0.05, 0) is 39.3 Å². The van der Waals surface area contributed by atoms with E-state index < -0.39 is 0 Å². The summed E-state index contributed by atoms with van der Waals surface area (Å²) in [4.78, 5) is 6.84. The number of halogens is 1. The summed E-state index contributed by atoms with van der Waals surface area (Å²) in [6.45, 7) is 2.05. The van der Waals surface area contributed by atoms with Crippen molar-refractivity contribution in [1.82, 2.24) is 10.2 Å². The molecule has 1 atom stereocenters. The molecule has 5 heteroatoms. The van der Waals surface area contributed by atoms with Crippen molar-refractivity contribution in [3.63, 3.8) is 0 Å². The monoisotopic (exact) mass is 352 g/mol. The fourth-order valence-electron chi connectivity index (χ4n) is 2.74. The molecule has 0 spiro atoms. The predicted molar refractivity (Wildman–Crippen MR) is 82.9 cm³/mol. The second kappa shape index (κ2) is 7.41. The topological polar surface area (TPSA) is 53.6 Å². The first kappa shape index (κ1) is 15.0. The lowest BCUT2D eigenvalue weighted by molar-refractivity contribution is 0.317. The summed E-state index contributed by atoms with van der Waals surface area (Å²) in [5.41, 5.74) is 5.90. The van der Waals surface area contributed by atoms with Crippen molar-refractivity contribution < 1.29 is 0 Å². The minimum absolute atomic E-state index is 0. The Bertz CT molecular complexity index is 251. The molecule has 2 fully saturated rings. The van der Waals surface area contributed by atoms with E-state index in [-0.39, 0.29) is 24.0 Å². The second-order valence-electron chi connectivity index (χ2n) is 5.13. The predicted octanol–water partition coefficient (Wildman–Crippen LogP) is 1.55. The van der Waals surface area contributed by atoms with Crippen molar-refractivity contribution in [2.24, 2.45) is 10.7 Å². The van der Waals surface area contributed by atoms with Gasteiger partial charge < -0.3 is 16.0 Å². The van der Waals surface area contributed by atoms with Gasteiger partial charge in [0, 0.05) is 12.1 Å². The van der Waals surface area contributed by atoms with Crippen LogP contribution < -0.4 is 11.1 Å². The summed E-state index contributed by atoms with van der Waals surface area (Å²) in [7, 11) is 2.17. The Morgan fingerprint density at radius 1 is 1.29 bits per heavy atom. The average Bonchev–Trinajstić information content (AvgIpc) is 2.87. The molecule has 2 aliphatic rings. The molecule has 2 rings (SSSR count). The van der Waals surface area contributed by atoms with E-state index in [1.807, 2.05) is 0 Å². The number of guanidine groups is 1. The summed E-state index contributed by atoms with van der Waals surface area (Å²) < 4.78 is 0. The van der Waals surface area contributed by atoms with Crippen LogP contribution in [0.25, 0.3) is 0 Å². The number of hydrogen-bond acceptors (Lipinski definition) is 2. The number of nitrogens with zero attached hydrogens (tertiary/aromatic N) is 2. The molecule has 0 radical (unpaired) electrons. The fraction of sp³-hybridized carbons (Fsp3) is 0.917. The number of hydrogen-bond donors (Lipinski definition) is 2. The maximum Gasteiger partial charge on any atom is 0.188 e. The number of likely N-dealkylation sites (N-methyl/N-ethyl adjacent to an activating group) is 1. The first-order valence-corrected chi connectivity index (χ1v) is 6.52. The highest BCUT2D eigenvalue weighted by atomic mass is 127. The van der Waals surface area contributed by atoms with Crippen molar-refractivity contribution in [3.05, 3.63) is 0 Å².